The second kappa shape index (κ2) is 3.66. The summed E-state index contributed by atoms with van der Waals surface area (Å²) in [4.78, 5) is 11.1. The molecule has 2 aliphatic carbocycles. The minimum Gasteiger partial charge on any atom is -0.469 e. The number of ether oxygens (including phenoxy) is 1. The lowest BCUT2D eigenvalue weighted by Crippen LogP contribution is -2.50. The smallest absolute Gasteiger partial charge is 0.308 e. The van der Waals surface area contributed by atoms with Crippen LogP contribution in [0.25, 0.3) is 0 Å². The summed E-state index contributed by atoms with van der Waals surface area (Å²) in [6.45, 7) is 0. The van der Waals surface area contributed by atoms with Crippen molar-refractivity contribution in [3.8, 4) is 0 Å². The maximum absolute atomic E-state index is 11.1. The van der Waals surface area contributed by atoms with Crippen molar-refractivity contribution < 1.29 is 9.53 Å². The van der Waals surface area contributed by atoms with E-state index >= 15 is 0 Å². The van der Waals surface area contributed by atoms with Crippen LogP contribution < -0.4 is 5.32 Å². The van der Waals surface area contributed by atoms with Crippen LogP contribution in [-0.2, 0) is 9.53 Å². The third-order valence-electron chi connectivity index (χ3n) is 3.25. The summed E-state index contributed by atoms with van der Waals surface area (Å²) in [5, 5.41) is 3.55. The van der Waals surface area contributed by atoms with Crippen molar-refractivity contribution >= 4 is 5.97 Å². The van der Waals surface area contributed by atoms with Crippen molar-refractivity contribution in [1.82, 2.24) is 5.32 Å². The van der Waals surface area contributed by atoms with Gasteiger partial charge in [0.25, 0.3) is 0 Å². The van der Waals surface area contributed by atoms with Crippen LogP contribution in [0.1, 0.15) is 32.1 Å². The summed E-state index contributed by atoms with van der Waals surface area (Å²) in [6, 6.07) is 1.32. The van der Waals surface area contributed by atoms with E-state index in [-0.39, 0.29) is 11.9 Å². The Morgan fingerprint density at radius 1 is 1.31 bits per heavy atom. The quantitative estimate of drug-likeness (QED) is 0.665. The van der Waals surface area contributed by atoms with E-state index in [0.717, 1.165) is 18.9 Å². The molecule has 2 aliphatic rings. The van der Waals surface area contributed by atoms with Gasteiger partial charge in [0.2, 0.25) is 0 Å². The maximum Gasteiger partial charge on any atom is 0.308 e. The zero-order chi connectivity index (χ0) is 9.26. The molecule has 0 radical (unpaired) electrons. The first-order chi connectivity index (χ1) is 6.29. The van der Waals surface area contributed by atoms with E-state index in [0.29, 0.717) is 6.04 Å². The predicted octanol–water partition coefficient (Wildman–Crippen LogP) is 1.08. The van der Waals surface area contributed by atoms with Gasteiger partial charge in [-0.2, -0.15) is 0 Å². The lowest BCUT2D eigenvalue weighted by molar-refractivity contribution is -0.149. The molecule has 0 unspecified atom stereocenters. The molecule has 0 aromatic rings. The molecule has 2 fully saturated rings. The van der Waals surface area contributed by atoms with E-state index < -0.39 is 0 Å². The number of methoxy groups -OCH3 is 1. The highest BCUT2D eigenvalue weighted by atomic mass is 16.5. The van der Waals surface area contributed by atoms with Crippen molar-refractivity contribution in [2.24, 2.45) is 5.92 Å². The molecule has 0 aromatic carbocycles. The summed E-state index contributed by atoms with van der Waals surface area (Å²) in [5.74, 6) is 0.134. The van der Waals surface area contributed by atoms with Gasteiger partial charge in [0.1, 0.15) is 0 Å². The fraction of sp³-hybridized carbons (Fsp3) is 0.900. The summed E-state index contributed by atoms with van der Waals surface area (Å²) >= 11 is 0. The van der Waals surface area contributed by atoms with Crippen LogP contribution in [-0.4, -0.2) is 25.2 Å². The molecule has 3 nitrogen and oxygen atoms in total. The third kappa shape index (κ3) is 1.85. The second-order valence-electron chi connectivity index (χ2n) is 4.18. The van der Waals surface area contributed by atoms with Gasteiger partial charge in [-0.3, -0.25) is 4.79 Å². The van der Waals surface area contributed by atoms with E-state index in [4.69, 9.17) is 0 Å². The molecule has 0 bridgehead atoms. The standard InChI is InChI=1S/C10H17NO2/c1-13-10(12)7-5-9(6-7)11-8-3-2-4-8/h7-9,11H,2-6H2,1H3. The van der Waals surface area contributed by atoms with Crippen molar-refractivity contribution in [1.29, 1.82) is 0 Å². The van der Waals surface area contributed by atoms with Crippen molar-refractivity contribution in [3.05, 3.63) is 0 Å². The predicted molar refractivity (Wildman–Crippen MR) is 49.3 cm³/mol. The molecule has 13 heavy (non-hydrogen) atoms. The number of carbonyl (C=O) groups is 1. The van der Waals surface area contributed by atoms with Crippen LogP contribution in [0.2, 0.25) is 0 Å². The van der Waals surface area contributed by atoms with E-state index in [1.807, 2.05) is 0 Å². The van der Waals surface area contributed by atoms with E-state index in [9.17, 15) is 4.79 Å². The summed E-state index contributed by atoms with van der Waals surface area (Å²) < 4.78 is 4.68. The van der Waals surface area contributed by atoms with Gasteiger partial charge >= 0.3 is 5.97 Å². The fourth-order valence-electron chi connectivity index (χ4n) is 2.02. The van der Waals surface area contributed by atoms with Crippen molar-refractivity contribution in [3.63, 3.8) is 0 Å². The first kappa shape index (κ1) is 9.00. The normalized spacial score (nSPS) is 33.3. The molecule has 0 aliphatic heterocycles. The number of carbonyl (C=O) groups excluding carboxylic acids is 1. The third-order valence-corrected chi connectivity index (χ3v) is 3.25. The molecule has 1 N–H and O–H groups in total. The Morgan fingerprint density at radius 2 is 2.00 bits per heavy atom. The molecule has 0 spiro atoms. The number of esters is 1. The van der Waals surface area contributed by atoms with Gasteiger partial charge in [0, 0.05) is 12.1 Å². The topological polar surface area (TPSA) is 38.3 Å². The van der Waals surface area contributed by atoms with Gasteiger partial charge in [-0.15, -0.1) is 0 Å². The van der Waals surface area contributed by atoms with E-state index in [1.54, 1.807) is 0 Å². The summed E-state index contributed by atoms with van der Waals surface area (Å²) in [7, 11) is 1.47. The SMILES string of the molecule is COC(=O)C1CC(NC2CCC2)C1. The first-order valence-electron chi connectivity index (χ1n) is 5.13. The Kier molecular flexibility index (Phi) is 2.54. The average Bonchev–Trinajstić information content (AvgIpc) is 1.97. The second-order valence-corrected chi connectivity index (χ2v) is 4.18. The highest BCUT2D eigenvalue weighted by Crippen LogP contribution is 2.30. The van der Waals surface area contributed by atoms with Crippen LogP contribution in [0, 0.1) is 5.92 Å². The zero-order valence-electron chi connectivity index (χ0n) is 8.08. The highest BCUT2D eigenvalue weighted by molar-refractivity contribution is 5.73. The fourth-order valence-corrected chi connectivity index (χ4v) is 2.02. The van der Waals surface area contributed by atoms with Crippen LogP contribution in [0.3, 0.4) is 0 Å². The maximum atomic E-state index is 11.1. The molecule has 2 saturated carbocycles. The highest BCUT2D eigenvalue weighted by Gasteiger charge is 2.36. The van der Waals surface area contributed by atoms with Crippen LogP contribution in [0.15, 0.2) is 0 Å². The number of nitrogens with one attached hydrogen (secondary N) is 1. The average molecular weight is 183 g/mol. The molecule has 2 rings (SSSR count). The Labute approximate surface area is 78.8 Å². The molecule has 0 aromatic heterocycles. The molecule has 0 atom stereocenters. The lowest BCUT2D eigenvalue weighted by atomic mass is 9.78. The molecule has 3 heteroatoms. The minimum absolute atomic E-state index is 0.0355. The van der Waals surface area contributed by atoms with Gasteiger partial charge in [0.05, 0.1) is 13.0 Å². The number of hydrogen-bond acceptors (Lipinski definition) is 3. The van der Waals surface area contributed by atoms with Gasteiger partial charge in [-0.05, 0) is 25.7 Å². The Balaban J connectivity index is 1.63. The van der Waals surface area contributed by atoms with Gasteiger partial charge in [-0.1, -0.05) is 6.42 Å². The van der Waals surface area contributed by atoms with Crippen LogP contribution in [0.5, 0.6) is 0 Å². The van der Waals surface area contributed by atoms with Crippen LogP contribution >= 0.6 is 0 Å². The Bertz CT molecular complexity index is 195. The largest absolute Gasteiger partial charge is 0.469 e. The minimum atomic E-state index is -0.0355. The van der Waals surface area contributed by atoms with E-state index in [1.165, 1.54) is 26.4 Å². The monoisotopic (exact) mass is 183 g/mol. The molecule has 0 heterocycles. The first-order valence-corrected chi connectivity index (χ1v) is 5.13. The lowest BCUT2D eigenvalue weighted by Gasteiger charge is -2.39. The van der Waals surface area contributed by atoms with Crippen LogP contribution in [0.4, 0.5) is 0 Å². The summed E-state index contributed by atoms with van der Waals surface area (Å²) in [6.07, 6.45) is 5.95. The van der Waals surface area contributed by atoms with Gasteiger partial charge in [0.15, 0.2) is 0 Å². The Hall–Kier alpha value is -0.570. The van der Waals surface area contributed by atoms with Crippen molar-refractivity contribution in [2.45, 2.75) is 44.2 Å². The number of hydrogen-bond donors (Lipinski definition) is 1. The number of rotatable bonds is 3. The van der Waals surface area contributed by atoms with Gasteiger partial charge < -0.3 is 10.1 Å². The van der Waals surface area contributed by atoms with E-state index in [2.05, 4.69) is 10.1 Å². The summed E-state index contributed by atoms with van der Waals surface area (Å²) in [5.41, 5.74) is 0. The molecular weight excluding hydrogens is 166 g/mol. The molecule has 0 amide bonds. The zero-order valence-corrected chi connectivity index (χ0v) is 8.08. The van der Waals surface area contributed by atoms with Gasteiger partial charge in [-0.25, -0.2) is 0 Å². The molecule has 0 saturated heterocycles. The van der Waals surface area contributed by atoms with Crippen molar-refractivity contribution in [2.75, 3.05) is 7.11 Å². The Morgan fingerprint density at radius 3 is 2.46 bits per heavy atom. The molecule has 74 valence electrons. The molecular formula is C10H17NO2.